The second-order valence-corrected chi connectivity index (χ2v) is 9.94. The number of nitrogens with zero attached hydrogens (tertiary/aromatic N) is 2. The monoisotopic (exact) mass is 434 g/mol. The third-order valence-corrected chi connectivity index (χ3v) is 7.52. The summed E-state index contributed by atoms with van der Waals surface area (Å²) in [6, 6.07) is 13.2. The quantitative estimate of drug-likeness (QED) is 0.684. The van der Waals surface area contributed by atoms with E-state index in [1.165, 1.54) is 30.4 Å². The predicted octanol–water partition coefficient (Wildman–Crippen LogP) is 2.11. The highest BCUT2D eigenvalue weighted by atomic mass is 32.1. The predicted molar refractivity (Wildman–Crippen MR) is 130 cm³/mol. The number of carbonyl (C=O) groups is 1. The molecule has 1 saturated carbocycles. The summed E-state index contributed by atoms with van der Waals surface area (Å²) in [7, 11) is 2.07. The number of benzene rings is 1. The molecule has 0 unspecified atom stereocenters. The summed E-state index contributed by atoms with van der Waals surface area (Å²) in [5.41, 5.74) is 3.12. The fourth-order valence-electron chi connectivity index (χ4n) is 4.90. The lowest BCUT2D eigenvalue weighted by molar-refractivity contribution is -0.121. The smallest absolute Gasteiger partial charge is 0.225 e. The van der Waals surface area contributed by atoms with Gasteiger partial charge in [0.2, 0.25) is 5.91 Å². The molecule has 1 amide bonds. The number of rotatable bonds is 6. The molecule has 2 aromatic rings. The van der Waals surface area contributed by atoms with Gasteiger partial charge >= 0.3 is 0 Å². The molecule has 1 aromatic carbocycles. The highest BCUT2D eigenvalue weighted by Gasteiger charge is 2.30. The number of anilines is 1. The van der Waals surface area contributed by atoms with Crippen molar-refractivity contribution in [2.75, 3.05) is 18.0 Å². The Bertz CT molecular complexity index is 922. The van der Waals surface area contributed by atoms with Crippen molar-refractivity contribution in [3.63, 3.8) is 0 Å². The van der Waals surface area contributed by atoms with Crippen LogP contribution >= 0.6 is 11.3 Å². The first-order valence-electron chi connectivity index (χ1n) is 11.5. The highest BCUT2D eigenvalue weighted by Crippen LogP contribution is 2.24. The molecule has 2 heterocycles. The van der Waals surface area contributed by atoms with Gasteiger partial charge in [0.15, 0.2) is 0 Å². The molecule has 31 heavy (non-hydrogen) atoms. The van der Waals surface area contributed by atoms with E-state index in [9.17, 15) is 4.79 Å². The van der Waals surface area contributed by atoms with E-state index in [0.717, 1.165) is 37.2 Å². The van der Waals surface area contributed by atoms with Gasteiger partial charge in [0.1, 0.15) is 7.85 Å². The lowest BCUT2D eigenvalue weighted by atomic mass is 9.88. The second kappa shape index (κ2) is 10.3. The summed E-state index contributed by atoms with van der Waals surface area (Å²) in [4.78, 5) is 16.2. The standard InChI is InChI=1S/C24H31BN4OS/c25-18-12-21(31-16-18)13-24(30)28-23-6-2-1-5-22(23)27-19-4-3-11-29(15-19)20-9-7-17(14-26)8-10-20/h7-10,12,16,19,22-23,27H,1-6,11,13,15,25H2,(H,28,30)/t19-,22+,23+/m0/s1. The molecule has 0 radical (unpaired) electrons. The topological polar surface area (TPSA) is 68.2 Å². The molecule has 3 atom stereocenters. The van der Waals surface area contributed by atoms with Crippen molar-refractivity contribution in [2.45, 2.75) is 63.1 Å². The van der Waals surface area contributed by atoms with E-state index in [-0.39, 0.29) is 11.9 Å². The highest BCUT2D eigenvalue weighted by molar-refractivity contribution is 7.11. The van der Waals surface area contributed by atoms with Gasteiger partial charge in [0.05, 0.1) is 18.1 Å². The van der Waals surface area contributed by atoms with Crippen LogP contribution in [0, 0.1) is 11.3 Å². The molecule has 5 nitrogen and oxygen atoms in total. The van der Waals surface area contributed by atoms with Gasteiger partial charge in [-0.15, -0.1) is 11.3 Å². The Morgan fingerprint density at radius 1 is 1.16 bits per heavy atom. The van der Waals surface area contributed by atoms with Gasteiger partial charge in [-0.25, -0.2) is 0 Å². The fraction of sp³-hybridized carbons (Fsp3) is 0.500. The van der Waals surface area contributed by atoms with Crippen molar-refractivity contribution in [3.05, 3.63) is 46.2 Å². The van der Waals surface area contributed by atoms with Crippen LogP contribution < -0.4 is 21.0 Å². The van der Waals surface area contributed by atoms with Gasteiger partial charge < -0.3 is 15.5 Å². The third kappa shape index (κ3) is 5.90. The molecule has 1 saturated heterocycles. The summed E-state index contributed by atoms with van der Waals surface area (Å²) in [6.45, 7) is 2.02. The first kappa shape index (κ1) is 21.9. The van der Waals surface area contributed by atoms with Crippen LogP contribution in [0.25, 0.3) is 0 Å². The number of hydrogen-bond donors (Lipinski definition) is 2. The normalized spacial score (nSPS) is 23.8. The molecular formula is C24H31BN4OS. The third-order valence-electron chi connectivity index (χ3n) is 6.46. The number of piperidine rings is 1. The summed E-state index contributed by atoms with van der Waals surface area (Å²) >= 11 is 1.67. The van der Waals surface area contributed by atoms with Crippen LogP contribution in [0.4, 0.5) is 5.69 Å². The van der Waals surface area contributed by atoms with Crippen LogP contribution in [0.2, 0.25) is 0 Å². The van der Waals surface area contributed by atoms with E-state index in [4.69, 9.17) is 5.26 Å². The molecule has 0 spiro atoms. The SMILES string of the molecule is Bc1csc(CC(=O)N[C@@H]2CCCC[C@H]2N[C@H]2CCCN(c3ccc(C#N)cc3)C2)c1. The average molecular weight is 434 g/mol. The summed E-state index contributed by atoms with van der Waals surface area (Å²) < 4.78 is 0. The minimum absolute atomic E-state index is 0.142. The van der Waals surface area contributed by atoms with Crippen molar-refractivity contribution in [3.8, 4) is 6.07 Å². The van der Waals surface area contributed by atoms with E-state index >= 15 is 0 Å². The van der Waals surface area contributed by atoms with E-state index in [2.05, 4.69) is 53.0 Å². The van der Waals surface area contributed by atoms with Gasteiger partial charge in [-0.2, -0.15) is 5.26 Å². The molecule has 0 bridgehead atoms. The molecule has 4 rings (SSSR count). The van der Waals surface area contributed by atoms with Crippen molar-refractivity contribution in [1.29, 1.82) is 5.26 Å². The van der Waals surface area contributed by atoms with Crippen LogP contribution in [-0.2, 0) is 11.2 Å². The number of nitriles is 1. The van der Waals surface area contributed by atoms with Crippen LogP contribution in [0.1, 0.15) is 49.0 Å². The van der Waals surface area contributed by atoms with E-state index in [1.807, 2.05) is 12.1 Å². The number of carbonyl (C=O) groups excluding carboxylic acids is 1. The van der Waals surface area contributed by atoms with Crippen LogP contribution in [0.5, 0.6) is 0 Å². The molecule has 7 heteroatoms. The second-order valence-electron chi connectivity index (χ2n) is 8.94. The molecule has 2 aliphatic rings. The molecule has 1 aliphatic heterocycles. The Balaban J connectivity index is 1.33. The van der Waals surface area contributed by atoms with E-state index < -0.39 is 0 Å². The Hall–Kier alpha value is -2.30. The number of amides is 1. The summed E-state index contributed by atoms with van der Waals surface area (Å²) in [5, 5.41) is 18.4. The van der Waals surface area contributed by atoms with E-state index in [1.54, 1.807) is 11.3 Å². The maximum Gasteiger partial charge on any atom is 0.225 e. The van der Waals surface area contributed by atoms with E-state index in [0.29, 0.717) is 24.1 Å². The number of thiophene rings is 1. The Kier molecular flexibility index (Phi) is 7.31. The molecule has 2 fully saturated rings. The van der Waals surface area contributed by atoms with Gasteiger partial charge in [-0.1, -0.05) is 24.4 Å². The fourth-order valence-corrected chi connectivity index (χ4v) is 5.77. The van der Waals surface area contributed by atoms with Gasteiger partial charge in [0, 0.05) is 41.8 Å². The number of nitrogens with one attached hydrogen (secondary N) is 2. The Morgan fingerprint density at radius 3 is 2.65 bits per heavy atom. The summed E-state index contributed by atoms with van der Waals surface area (Å²) in [6.07, 6.45) is 7.38. The van der Waals surface area contributed by atoms with Crippen molar-refractivity contribution in [1.82, 2.24) is 10.6 Å². The minimum atomic E-state index is 0.142. The van der Waals surface area contributed by atoms with Gasteiger partial charge in [-0.05, 0) is 55.3 Å². The first-order chi connectivity index (χ1) is 15.1. The molecule has 2 N–H and O–H groups in total. The molecule has 1 aliphatic carbocycles. The lowest BCUT2D eigenvalue weighted by Crippen LogP contribution is -2.57. The van der Waals surface area contributed by atoms with Crippen LogP contribution in [-0.4, -0.2) is 45.0 Å². The average Bonchev–Trinajstić information content (AvgIpc) is 3.19. The largest absolute Gasteiger partial charge is 0.370 e. The van der Waals surface area contributed by atoms with Crippen molar-refractivity contribution in [2.24, 2.45) is 0 Å². The maximum absolute atomic E-state index is 12.7. The molecule has 1 aromatic heterocycles. The van der Waals surface area contributed by atoms with Crippen molar-refractivity contribution < 1.29 is 4.79 Å². The zero-order valence-electron chi connectivity index (χ0n) is 18.3. The van der Waals surface area contributed by atoms with Crippen LogP contribution in [0.3, 0.4) is 0 Å². The van der Waals surface area contributed by atoms with Gasteiger partial charge in [0.25, 0.3) is 0 Å². The minimum Gasteiger partial charge on any atom is -0.370 e. The number of hydrogen-bond acceptors (Lipinski definition) is 5. The summed E-state index contributed by atoms with van der Waals surface area (Å²) in [5.74, 6) is 0.142. The van der Waals surface area contributed by atoms with Gasteiger partial charge in [-0.3, -0.25) is 4.79 Å². The van der Waals surface area contributed by atoms with Crippen molar-refractivity contribution >= 4 is 36.2 Å². The lowest BCUT2D eigenvalue weighted by Gasteiger charge is -2.40. The zero-order valence-corrected chi connectivity index (χ0v) is 19.1. The molecule has 162 valence electrons. The Labute approximate surface area is 190 Å². The Morgan fingerprint density at radius 2 is 1.94 bits per heavy atom. The van der Waals surface area contributed by atoms with Crippen LogP contribution in [0.15, 0.2) is 35.7 Å². The zero-order chi connectivity index (χ0) is 21.6. The maximum atomic E-state index is 12.7. The molecular weight excluding hydrogens is 403 g/mol. The first-order valence-corrected chi connectivity index (χ1v) is 12.3.